The summed E-state index contributed by atoms with van der Waals surface area (Å²) >= 11 is 3.43. The van der Waals surface area contributed by atoms with Crippen LogP contribution >= 0.6 is 15.9 Å². The van der Waals surface area contributed by atoms with Crippen LogP contribution in [0.15, 0.2) is 16.6 Å². The lowest BCUT2D eigenvalue weighted by atomic mass is 10.1. The van der Waals surface area contributed by atoms with Gasteiger partial charge in [-0.25, -0.2) is 0 Å². The summed E-state index contributed by atoms with van der Waals surface area (Å²) in [6.07, 6.45) is 0.672. The summed E-state index contributed by atoms with van der Waals surface area (Å²) in [5.41, 5.74) is 2.20. The molecule has 0 heterocycles. The Kier molecular flexibility index (Phi) is 3.75. The maximum Gasteiger partial charge on any atom is 0.122 e. The van der Waals surface area contributed by atoms with E-state index in [9.17, 15) is 0 Å². The topological polar surface area (TPSA) is 29.5 Å². The quantitative estimate of drug-likeness (QED) is 0.885. The third kappa shape index (κ3) is 2.45. The van der Waals surface area contributed by atoms with Gasteiger partial charge >= 0.3 is 0 Å². The Morgan fingerprint density at radius 3 is 2.69 bits per heavy atom. The van der Waals surface area contributed by atoms with Crippen LogP contribution < -0.4 is 4.74 Å². The number of hydrogen-bond donors (Lipinski definition) is 1. The van der Waals surface area contributed by atoms with E-state index in [-0.39, 0.29) is 6.61 Å². The number of aliphatic hydroxyl groups is 1. The number of halogens is 1. The molecular formula is C10H13BrO2. The first kappa shape index (κ1) is 10.5. The number of methoxy groups -OCH3 is 1. The summed E-state index contributed by atoms with van der Waals surface area (Å²) in [5, 5.41) is 8.81. The van der Waals surface area contributed by atoms with Crippen LogP contribution in [-0.2, 0) is 6.42 Å². The van der Waals surface area contributed by atoms with E-state index in [1.165, 1.54) is 0 Å². The molecule has 0 amide bonds. The van der Waals surface area contributed by atoms with Crippen molar-refractivity contribution < 1.29 is 9.84 Å². The van der Waals surface area contributed by atoms with Gasteiger partial charge in [0.25, 0.3) is 0 Å². The minimum Gasteiger partial charge on any atom is -0.496 e. The molecule has 0 aliphatic rings. The fourth-order valence-corrected chi connectivity index (χ4v) is 1.78. The van der Waals surface area contributed by atoms with Gasteiger partial charge in [-0.3, -0.25) is 0 Å². The van der Waals surface area contributed by atoms with Crippen LogP contribution in [0.5, 0.6) is 5.75 Å². The Balaban J connectivity index is 3.05. The molecule has 1 aromatic rings. The lowest BCUT2D eigenvalue weighted by Gasteiger charge is -2.09. The van der Waals surface area contributed by atoms with E-state index in [1.54, 1.807) is 7.11 Å². The van der Waals surface area contributed by atoms with Crippen molar-refractivity contribution in [3.63, 3.8) is 0 Å². The summed E-state index contributed by atoms with van der Waals surface area (Å²) in [7, 11) is 1.65. The summed E-state index contributed by atoms with van der Waals surface area (Å²) in [5.74, 6) is 0.869. The van der Waals surface area contributed by atoms with Crippen LogP contribution in [0.4, 0.5) is 0 Å². The second-order valence-corrected chi connectivity index (χ2v) is 3.74. The molecule has 0 aliphatic heterocycles. The second kappa shape index (κ2) is 4.63. The van der Waals surface area contributed by atoms with E-state index in [1.807, 2.05) is 19.1 Å². The minimum atomic E-state index is 0.171. The van der Waals surface area contributed by atoms with E-state index in [0.29, 0.717) is 6.42 Å². The Labute approximate surface area is 86.7 Å². The predicted molar refractivity (Wildman–Crippen MR) is 56.2 cm³/mol. The van der Waals surface area contributed by atoms with Crippen LogP contribution in [0.2, 0.25) is 0 Å². The molecule has 0 saturated heterocycles. The summed E-state index contributed by atoms with van der Waals surface area (Å²) in [4.78, 5) is 0. The van der Waals surface area contributed by atoms with Crippen LogP contribution in [0.3, 0.4) is 0 Å². The molecule has 0 atom stereocenters. The number of hydrogen-bond acceptors (Lipinski definition) is 2. The van der Waals surface area contributed by atoms with Crippen LogP contribution in [0, 0.1) is 6.92 Å². The van der Waals surface area contributed by atoms with E-state index < -0.39 is 0 Å². The van der Waals surface area contributed by atoms with Gasteiger partial charge in [-0.05, 0) is 30.5 Å². The van der Waals surface area contributed by atoms with Gasteiger partial charge in [-0.15, -0.1) is 0 Å². The predicted octanol–water partition coefficient (Wildman–Crippen LogP) is 2.30. The highest BCUT2D eigenvalue weighted by molar-refractivity contribution is 9.10. The van der Waals surface area contributed by atoms with Gasteiger partial charge in [0, 0.05) is 11.1 Å². The molecule has 0 fully saturated rings. The number of aliphatic hydroxyl groups excluding tert-OH is 1. The van der Waals surface area contributed by atoms with Gasteiger partial charge in [0.15, 0.2) is 0 Å². The third-order valence-corrected chi connectivity index (χ3v) is 2.68. The second-order valence-electron chi connectivity index (χ2n) is 2.89. The third-order valence-electron chi connectivity index (χ3n) is 1.95. The standard InChI is InChI=1S/C10H13BrO2/c1-7-5-8(3-4-12)9(11)6-10(7)13-2/h5-6,12H,3-4H2,1-2H3. The van der Waals surface area contributed by atoms with Crippen LogP contribution in [0.1, 0.15) is 11.1 Å². The van der Waals surface area contributed by atoms with Gasteiger partial charge in [0.2, 0.25) is 0 Å². The molecular weight excluding hydrogens is 232 g/mol. The van der Waals surface area contributed by atoms with Crippen LogP contribution in [0.25, 0.3) is 0 Å². The maximum atomic E-state index is 8.81. The molecule has 3 heteroatoms. The van der Waals surface area contributed by atoms with Gasteiger partial charge in [-0.1, -0.05) is 22.0 Å². The largest absolute Gasteiger partial charge is 0.496 e. The number of rotatable bonds is 3. The van der Waals surface area contributed by atoms with E-state index in [0.717, 1.165) is 21.3 Å². The summed E-state index contributed by atoms with van der Waals surface area (Å²) in [6, 6.07) is 3.96. The highest BCUT2D eigenvalue weighted by Crippen LogP contribution is 2.27. The Morgan fingerprint density at radius 1 is 1.46 bits per heavy atom. The van der Waals surface area contributed by atoms with Crippen molar-refractivity contribution >= 4 is 15.9 Å². The van der Waals surface area contributed by atoms with Gasteiger partial charge < -0.3 is 9.84 Å². The molecule has 13 heavy (non-hydrogen) atoms. The molecule has 1 aromatic carbocycles. The van der Waals surface area contributed by atoms with E-state index >= 15 is 0 Å². The van der Waals surface area contributed by atoms with Crippen molar-refractivity contribution in [3.8, 4) is 5.75 Å². The molecule has 1 rings (SSSR count). The van der Waals surface area contributed by atoms with Crippen molar-refractivity contribution in [2.75, 3.05) is 13.7 Å². The van der Waals surface area contributed by atoms with E-state index in [4.69, 9.17) is 9.84 Å². The summed E-state index contributed by atoms with van der Waals surface area (Å²) < 4.78 is 6.16. The molecule has 0 saturated carbocycles. The highest BCUT2D eigenvalue weighted by atomic mass is 79.9. The fourth-order valence-electron chi connectivity index (χ4n) is 1.25. The zero-order valence-corrected chi connectivity index (χ0v) is 9.39. The highest BCUT2D eigenvalue weighted by Gasteiger charge is 2.04. The number of benzene rings is 1. The molecule has 0 unspecified atom stereocenters. The van der Waals surface area contributed by atoms with E-state index in [2.05, 4.69) is 15.9 Å². The molecule has 0 aliphatic carbocycles. The molecule has 1 N–H and O–H groups in total. The Morgan fingerprint density at radius 2 is 2.15 bits per heavy atom. The van der Waals surface area contributed by atoms with Gasteiger partial charge in [0.1, 0.15) is 5.75 Å². The average Bonchev–Trinajstić information content (AvgIpc) is 2.11. The average molecular weight is 245 g/mol. The molecule has 0 aromatic heterocycles. The first-order chi connectivity index (χ1) is 6.19. The molecule has 0 bridgehead atoms. The first-order valence-corrected chi connectivity index (χ1v) is 4.92. The lowest BCUT2D eigenvalue weighted by Crippen LogP contribution is -1.95. The first-order valence-electron chi connectivity index (χ1n) is 4.13. The van der Waals surface area contributed by atoms with Crippen molar-refractivity contribution in [2.24, 2.45) is 0 Å². The van der Waals surface area contributed by atoms with Crippen LogP contribution in [-0.4, -0.2) is 18.8 Å². The van der Waals surface area contributed by atoms with Gasteiger partial charge in [-0.2, -0.15) is 0 Å². The molecule has 0 radical (unpaired) electrons. The molecule has 2 nitrogen and oxygen atoms in total. The molecule has 0 spiro atoms. The van der Waals surface area contributed by atoms with Crippen molar-refractivity contribution in [1.29, 1.82) is 0 Å². The summed E-state index contributed by atoms with van der Waals surface area (Å²) in [6.45, 7) is 2.16. The lowest BCUT2D eigenvalue weighted by molar-refractivity contribution is 0.299. The molecule has 72 valence electrons. The minimum absolute atomic E-state index is 0.171. The Bertz CT molecular complexity index is 297. The van der Waals surface area contributed by atoms with Crippen molar-refractivity contribution in [2.45, 2.75) is 13.3 Å². The van der Waals surface area contributed by atoms with Gasteiger partial charge in [0.05, 0.1) is 7.11 Å². The monoisotopic (exact) mass is 244 g/mol. The van der Waals surface area contributed by atoms with Crippen molar-refractivity contribution in [3.05, 3.63) is 27.7 Å². The zero-order chi connectivity index (χ0) is 9.84. The maximum absolute atomic E-state index is 8.81. The zero-order valence-electron chi connectivity index (χ0n) is 7.80. The fraction of sp³-hybridized carbons (Fsp3) is 0.400. The van der Waals surface area contributed by atoms with Crippen molar-refractivity contribution in [1.82, 2.24) is 0 Å². The number of aryl methyl sites for hydroxylation is 1. The Hall–Kier alpha value is -0.540. The number of ether oxygens (including phenoxy) is 1. The SMILES string of the molecule is COc1cc(Br)c(CCO)cc1C. The normalized spacial score (nSPS) is 10.2. The smallest absolute Gasteiger partial charge is 0.122 e.